The van der Waals surface area contributed by atoms with Gasteiger partial charge in [-0.15, -0.1) is 0 Å². The second-order valence-corrected chi connectivity index (χ2v) is 9.37. The number of aliphatic hydroxyl groups is 1. The SMILES string of the molecule is O=C(O)[C@@]1(CO)[C@H](c2ccc(Br)cc2)[C@@H]1S(=O)(=O)c1ccc(Cl)cc1. The highest BCUT2D eigenvalue weighted by molar-refractivity contribution is 9.10. The molecule has 2 N–H and O–H groups in total. The van der Waals surface area contributed by atoms with E-state index in [1.165, 1.54) is 24.3 Å². The number of carbonyl (C=O) groups is 1. The van der Waals surface area contributed by atoms with Gasteiger partial charge in [0.15, 0.2) is 9.84 Å². The molecule has 1 fully saturated rings. The van der Waals surface area contributed by atoms with Gasteiger partial charge in [0.05, 0.1) is 16.8 Å². The molecule has 0 unspecified atom stereocenters. The molecule has 2 aromatic rings. The molecule has 0 amide bonds. The van der Waals surface area contributed by atoms with E-state index in [-0.39, 0.29) is 4.90 Å². The van der Waals surface area contributed by atoms with Crippen LogP contribution in [0, 0.1) is 5.41 Å². The summed E-state index contributed by atoms with van der Waals surface area (Å²) in [5, 5.41) is 18.6. The first-order valence-corrected chi connectivity index (χ1v) is 10.1. The lowest BCUT2D eigenvalue weighted by atomic mass is 10.0. The fourth-order valence-corrected chi connectivity index (χ4v) is 6.04. The molecule has 132 valence electrons. The molecule has 8 heteroatoms. The van der Waals surface area contributed by atoms with Gasteiger partial charge in [0, 0.05) is 15.4 Å². The monoisotopic (exact) mass is 444 g/mol. The van der Waals surface area contributed by atoms with Crippen molar-refractivity contribution in [3.05, 3.63) is 63.6 Å². The lowest BCUT2D eigenvalue weighted by Crippen LogP contribution is -2.27. The molecule has 3 atom stereocenters. The summed E-state index contributed by atoms with van der Waals surface area (Å²) in [5.41, 5.74) is -1.20. The Labute approximate surface area is 158 Å². The summed E-state index contributed by atoms with van der Waals surface area (Å²) < 4.78 is 26.8. The molecule has 0 saturated heterocycles. The number of hydrogen-bond acceptors (Lipinski definition) is 4. The number of aliphatic carboxylic acids is 1. The molecule has 0 aliphatic heterocycles. The third kappa shape index (κ3) is 2.89. The fourth-order valence-electron chi connectivity index (χ4n) is 3.28. The van der Waals surface area contributed by atoms with E-state index in [1.807, 2.05) is 0 Å². The lowest BCUT2D eigenvalue weighted by molar-refractivity contribution is -0.145. The van der Waals surface area contributed by atoms with Gasteiger partial charge in [0.1, 0.15) is 5.41 Å². The van der Waals surface area contributed by atoms with E-state index in [1.54, 1.807) is 24.3 Å². The molecular formula is C17H14BrClO5S. The molecule has 1 saturated carbocycles. The Hall–Kier alpha value is -1.41. The van der Waals surface area contributed by atoms with Crippen molar-refractivity contribution in [2.24, 2.45) is 5.41 Å². The van der Waals surface area contributed by atoms with Gasteiger partial charge in [0.2, 0.25) is 0 Å². The first kappa shape index (κ1) is 18.4. The average molecular weight is 446 g/mol. The van der Waals surface area contributed by atoms with Crippen LogP contribution in [0.5, 0.6) is 0 Å². The molecular weight excluding hydrogens is 432 g/mol. The molecule has 1 aliphatic carbocycles. The highest BCUT2D eigenvalue weighted by Gasteiger charge is 2.75. The minimum Gasteiger partial charge on any atom is -0.481 e. The molecule has 0 aromatic heterocycles. The van der Waals surface area contributed by atoms with E-state index in [0.717, 1.165) is 4.47 Å². The Morgan fingerprint density at radius 2 is 1.68 bits per heavy atom. The zero-order valence-corrected chi connectivity index (χ0v) is 15.9. The smallest absolute Gasteiger partial charge is 0.314 e. The summed E-state index contributed by atoms with van der Waals surface area (Å²) in [7, 11) is -3.97. The summed E-state index contributed by atoms with van der Waals surface area (Å²) in [6, 6.07) is 12.3. The summed E-state index contributed by atoms with van der Waals surface area (Å²) in [5.74, 6) is -2.16. The van der Waals surface area contributed by atoms with Crippen LogP contribution in [-0.4, -0.2) is 36.5 Å². The Balaban J connectivity index is 2.10. The Bertz CT molecular complexity index is 911. The van der Waals surface area contributed by atoms with Gasteiger partial charge >= 0.3 is 5.97 Å². The largest absolute Gasteiger partial charge is 0.481 e. The molecule has 0 heterocycles. The third-order valence-corrected chi connectivity index (χ3v) is 7.69. The van der Waals surface area contributed by atoms with Crippen molar-refractivity contribution in [2.75, 3.05) is 6.61 Å². The summed E-state index contributed by atoms with van der Waals surface area (Å²) >= 11 is 9.09. The number of benzene rings is 2. The van der Waals surface area contributed by atoms with Crippen molar-refractivity contribution in [1.82, 2.24) is 0 Å². The van der Waals surface area contributed by atoms with Crippen molar-refractivity contribution < 1.29 is 23.4 Å². The van der Waals surface area contributed by atoms with Crippen LogP contribution in [0.1, 0.15) is 11.5 Å². The van der Waals surface area contributed by atoms with Gasteiger partial charge in [0.25, 0.3) is 0 Å². The molecule has 0 spiro atoms. The van der Waals surface area contributed by atoms with E-state index in [0.29, 0.717) is 10.6 Å². The van der Waals surface area contributed by atoms with Crippen molar-refractivity contribution in [3.63, 3.8) is 0 Å². The first-order valence-electron chi connectivity index (χ1n) is 7.34. The molecule has 0 radical (unpaired) electrons. The molecule has 5 nitrogen and oxygen atoms in total. The van der Waals surface area contributed by atoms with Crippen molar-refractivity contribution in [1.29, 1.82) is 0 Å². The number of hydrogen-bond donors (Lipinski definition) is 2. The second-order valence-electron chi connectivity index (χ2n) is 5.95. The standard InChI is InChI=1S/C17H14BrClO5S/c18-11-3-1-10(2-4-11)14-15(17(14,9-20)16(21)22)25(23,24)13-7-5-12(19)6-8-13/h1-8,14-15,20H,9H2,(H,21,22)/t14-,15+,17+/m1/s1. The Morgan fingerprint density at radius 1 is 1.12 bits per heavy atom. The van der Waals surface area contributed by atoms with Crippen molar-refractivity contribution in [2.45, 2.75) is 16.1 Å². The maximum atomic E-state index is 13.0. The molecule has 1 aliphatic rings. The van der Waals surface area contributed by atoms with Gasteiger partial charge in [-0.25, -0.2) is 8.42 Å². The average Bonchev–Trinajstić information content (AvgIpc) is 3.27. The van der Waals surface area contributed by atoms with E-state index in [2.05, 4.69) is 15.9 Å². The van der Waals surface area contributed by atoms with E-state index < -0.39 is 39.0 Å². The van der Waals surface area contributed by atoms with Gasteiger partial charge in [-0.1, -0.05) is 39.7 Å². The van der Waals surface area contributed by atoms with Crippen molar-refractivity contribution in [3.8, 4) is 0 Å². The fraction of sp³-hybridized carbons (Fsp3) is 0.235. The predicted octanol–water partition coefficient (Wildman–Crippen LogP) is 3.11. The van der Waals surface area contributed by atoms with Gasteiger partial charge in [-0.3, -0.25) is 4.79 Å². The van der Waals surface area contributed by atoms with Crippen LogP contribution >= 0.6 is 27.5 Å². The summed E-state index contributed by atoms with van der Waals surface area (Å²) in [6.45, 7) is -0.763. The van der Waals surface area contributed by atoms with Crippen LogP contribution < -0.4 is 0 Å². The Kier molecular flexibility index (Phi) is 4.70. The highest BCUT2D eigenvalue weighted by atomic mass is 79.9. The minimum atomic E-state index is -3.97. The highest BCUT2D eigenvalue weighted by Crippen LogP contribution is 2.64. The molecule has 2 aromatic carbocycles. The van der Waals surface area contributed by atoms with Crippen LogP contribution in [-0.2, 0) is 14.6 Å². The molecule has 3 rings (SSSR count). The number of carboxylic acid groups (broad SMARTS) is 1. The maximum absolute atomic E-state index is 13.0. The van der Waals surface area contributed by atoms with Crippen LogP contribution in [0.2, 0.25) is 5.02 Å². The number of halogens is 2. The van der Waals surface area contributed by atoms with E-state index in [4.69, 9.17) is 11.6 Å². The third-order valence-electron chi connectivity index (χ3n) is 4.62. The van der Waals surface area contributed by atoms with Gasteiger partial charge in [-0.05, 0) is 42.0 Å². The molecule has 25 heavy (non-hydrogen) atoms. The van der Waals surface area contributed by atoms with Gasteiger partial charge < -0.3 is 10.2 Å². The topological polar surface area (TPSA) is 91.7 Å². The number of rotatable bonds is 5. The van der Waals surface area contributed by atoms with Crippen LogP contribution in [0.3, 0.4) is 0 Å². The molecule has 0 bridgehead atoms. The second kappa shape index (κ2) is 6.39. The van der Waals surface area contributed by atoms with Gasteiger partial charge in [-0.2, -0.15) is 0 Å². The van der Waals surface area contributed by atoms with Crippen molar-refractivity contribution >= 4 is 43.3 Å². The van der Waals surface area contributed by atoms with Crippen LogP contribution in [0.25, 0.3) is 0 Å². The number of sulfone groups is 1. The first-order chi connectivity index (χ1) is 11.7. The normalized spacial score (nSPS) is 25.6. The zero-order chi connectivity index (χ0) is 18.4. The quantitative estimate of drug-likeness (QED) is 0.738. The summed E-state index contributed by atoms with van der Waals surface area (Å²) in [6.07, 6.45) is 0. The lowest BCUT2D eigenvalue weighted by Gasteiger charge is -2.09. The zero-order valence-electron chi connectivity index (χ0n) is 12.8. The van der Waals surface area contributed by atoms with Crippen LogP contribution in [0.4, 0.5) is 0 Å². The predicted molar refractivity (Wildman–Crippen MR) is 96.5 cm³/mol. The minimum absolute atomic E-state index is 0.0133. The number of aliphatic hydroxyl groups excluding tert-OH is 1. The maximum Gasteiger partial charge on any atom is 0.314 e. The van der Waals surface area contributed by atoms with E-state index in [9.17, 15) is 23.4 Å². The van der Waals surface area contributed by atoms with E-state index >= 15 is 0 Å². The Morgan fingerprint density at radius 3 is 2.16 bits per heavy atom. The summed E-state index contributed by atoms with van der Waals surface area (Å²) in [4.78, 5) is 11.8. The van der Waals surface area contributed by atoms with Crippen LogP contribution in [0.15, 0.2) is 57.9 Å². The number of carboxylic acids is 1.